The minimum Gasteiger partial charge on any atom is -0.299 e. The summed E-state index contributed by atoms with van der Waals surface area (Å²) in [7, 11) is 0. The van der Waals surface area contributed by atoms with Crippen molar-refractivity contribution in [3.63, 3.8) is 0 Å². The van der Waals surface area contributed by atoms with E-state index in [-0.39, 0.29) is 0 Å². The van der Waals surface area contributed by atoms with Gasteiger partial charge in [-0.2, -0.15) is 5.26 Å². The summed E-state index contributed by atoms with van der Waals surface area (Å²) < 4.78 is 0. The minimum absolute atomic E-state index is 0.704. The molecule has 0 amide bonds. The van der Waals surface area contributed by atoms with Crippen molar-refractivity contribution < 1.29 is 0 Å². The van der Waals surface area contributed by atoms with Gasteiger partial charge in [0.1, 0.15) is 0 Å². The molecule has 3 aromatic rings. The van der Waals surface area contributed by atoms with Crippen LogP contribution in [0.1, 0.15) is 63.8 Å². The van der Waals surface area contributed by atoms with E-state index in [1.165, 1.54) is 89.7 Å². The summed E-state index contributed by atoms with van der Waals surface area (Å²) in [5, 5.41) is 9.96. The molecule has 172 valence electrons. The first kappa shape index (κ1) is 22.6. The van der Waals surface area contributed by atoms with Crippen LogP contribution in [-0.4, -0.2) is 18.0 Å². The topological polar surface area (TPSA) is 27.0 Å². The van der Waals surface area contributed by atoms with Crippen molar-refractivity contribution in [3.8, 4) is 17.2 Å². The molecule has 2 aliphatic rings. The van der Waals surface area contributed by atoms with E-state index in [2.05, 4.69) is 79.9 Å². The summed E-state index contributed by atoms with van der Waals surface area (Å²) in [6, 6.07) is 20.2. The third kappa shape index (κ3) is 4.33. The lowest BCUT2D eigenvalue weighted by Gasteiger charge is -2.19. The second-order valence-corrected chi connectivity index (χ2v) is 10.1. The highest BCUT2D eigenvalue weighted by molar-refractivity contribution is 5.79. The molecular formula is C32H34N2. The number of allylic oxidation sites excluding steroid dienone is 1. The van der Waals surface area contributed by atoms with Crippen molar-refractivity contribution in [3.05, 3.63) is 99.6 Å². The van der Waals surface area contributed by atoms with E-state index in [9.17, 15) is 5.26 Å². The van der Waals surface area contributed by atoms with E-state index >= 15 is 0 Å². The molecule has 0 saturated carbocycles. The fraction of sp³-hybridized carbons (Fsp3) is 0.344. The fourth-order valence-corrected chi connectivity index (χ4v) is 6.01. The Bertz CT molecular complexity index is 1290. The highest BCUT2D eigenvalue weighted by Gasteiger charge is 2.19. The van der Waals surface area contributed by atoms with Gasteiger partial charge in [0.2, 0.25) is 0 Å². The highest BCUT2D eigenvalue weighted by Crippen LogP contribution is 2.37. The summed E-state index contributed by atoms with van der Waals surface area (Å²) in [5.41, 5.74) is 13.6. The van der Waals surface area contributed by atoms with Gasteiger partial charge in [0.15, 0.2) is 0 Å². The molecule has 0 unspecified atom stereocenters. The maximum atomic E-state index is 9.96. The van der Waals surface area contributed by atoms with Crippen molar-refractivity contribution in [2.24, 2.45) is 0 Å². The molecule has 0 bridgehead atoms. The average molecular weight is 447 g/mol. The predicted octanol–water partition coefficient (Wildman–Crippen LogP) is 7.18. The Morgan fingerprint density at radius 1 is 0.971 bits per heavy atom. The lowest BCUT2D eigenvalue weighted by molar-refractivity contribution is 0.331. The Kier molecular flexibility index (Phi) is 6.40. The summed E-state index contributed by atoms with van der Waals surface area (Å²) in [6.45, 7) is 12.1. The molecule has 1 fully saturated rings. The zero-order valence-electron chi connectivity index (χ0n) is 20.6. The van der Waals surface area contributed by atoms with E-state index in [4.69, 9.17) is 0 Å². The van der Waals surface area contributed by atoms with Gasteiger partial charge in [0, 0.05) is 6.54 Å². The van der Waals surface area contributed by atoms with Crippen LogP contribution in [0.25, 0.3) is 16.7 Å². The molecule has 5 rings (SSSR count). The predicted molar refractivity (Wildman–Crippen MR) is 142 cm³/mol. The van der Waals surface area contributed by atoms with Crippen LogP contribution in [-0.2, 0) is 25.8 Å². The molecule has 0 spiro atoms. The monoisotopic (exact) mass is 446 g/mol. The van der Waals surface area contributed by atoms with E-state index in [1.807, 2.05) is 0 Å². The Labute approximate surface area is 204 Å². The van der Waals surface area contributed by atoms with Gasteiger partial charge in [-0.25, -0.2) is 0 Å². The third-order valence-corrected chi connectivity index (χ3v) is 7.80. The van der Waals surface area contributed by atoms with Crippen LogP contribution in [0, 0.1) is 25.2 Å². The number of likely N-dealkylation sites (tertiary alicyclic amines) is 1. The lowest BCUT2D eigenvalue weighted by atomic mass is 9.86. The second-order valence-electron chi connectivity index (χ2n) is 10.1. The van der Waals surface area contributed by atoms with Gasteiger partial charge in [0.05, 0.1) is 11.6 Å². The molecule has 1 aliphatic carbocycles. The molecule has 0 radical (unpaired) electrons. The minimum atomic E-state index is 0.704. The number of aryl methyl sites for hydroxylation is 2. The molecule has 3 aromatic carbocycles. The van der Waals surface area contributed by atoms with E-state index in [0.29, 0.717) is 6.42 Å². The van der Waals surface area contributed by atoms with E-state index in [0.717, 1.165) is 23.2 Å². The van der Waals surface area contributed by atoms with Crippen LogP contribution in [0.2, 0.25) is 0 Å². The number of nitriles is 1. The zero-order chi connectivity index (χ0) is 23.7. The van der Waals surface area contributed by atoms with Gasteiger partial charge in [-0.3, -0.25) is 4.90 Å². The Hall–Kier alpha value is -3.15. The van der Waals surface area contributed by atoms with Crippen LogP contribution < -0.4 is 0 Å². The number of hydrogen-bond acceptors (Lipinski definition) is 2. The molecular weight excluding hydrogens is 412 g/mol. The lowest BCUT2D eigenvalue weighted by Crippen LogP contribution is -2.18. The Morgan fingerprint density at radius 3 is 2.53 bits per heavy atom. The van der Waals surface area contributed by atoms with Gasteiger partial charge in [-0.05, 0) is 127 Å². The largest absolute Gasteiger partial charge is 0.299 e. The van der Waals surface area contributed by atoms with Crippen LogP contribution in [0.15, 0.2) is 55.1 Å². The molecule has 2 heteroatoms. The molecule has 1 aliphatic heterocycles. The molecule has 1 saturated heterocycles. The second kappa shape index (κ2) is 9.61. The average Bonchev–Trinajstić information content (AvgIpc) is 3.52. The molecule has 0 aromatic heterocycles. The molecule has 0 N–H and O–H groups in total. The summed E-state index contributed by atoms with van der Waals surface area (Å²) in [4.78, 5) is 2.49. The number of hydrogen-bond donors (Lipinski definition) is 0. The van der Waals surface area contributed by atoms with Crippen molar-refractivity contribution in [1.29, 1.82) is 5.26 Å². The van der Waals surface area contributed by atoms with Gasteiger partial charge in [-0.15, -0.1) is 0 Å². The van der Waals surface area contributed by atoms with Crippen LogP contribution >= 0.6 is 0 Å². The SMILES string of the molecule is C=C(Cc1c(C)cc(CN2CCCC2)cc1C#N)c1cccc(-c2cccc3c2CCC3)c1C. The van der Waals surface area contributed by atoms with Gasteiger partial charge < -0.3 is 0 Å². The normalized spacial score (nSPS) is 15.3. The standard InChI is InChI=1S/C32H34N2/c1-22-17-25(21-34-15-4-5-16-34)19-27(20-33)32(22)18-23(2)28-11-8-12-29(24(28)3)31-14-7-10-26-9-6-13-30(26)31/h7-8,10-12,14,17,19H,2,4-6,9,13,15-16,18,21H2,1,3H3. The van der Waals surface area contributed by atoms with Crippen LogP contribution in [0.5, 0.6) is 0 Å². The van der Waals surface area contributed by atoms with E-state index in [1.54, 1.807) is 0 Å². The van der Waals surface area contributed by atoms with Gasteiger partial charge in [0.25, 0.3) is 0 Å². The smallest absolute Gasteiger partial charge is 0.0994 e. The summed E-state index contributed by atoms with van der Waals surface area (Å²) in [5.74, 6) is 0. The Morgan fingerprint density at radius 2 is 1.74 bits per heavy atom. The highest BCUT2D eigenvalue weighted by atomic mass is 15.1. The van der Waals surface area contributed by atoms with Crippen molar-refractivity contribution >= 4 is 5.57 Å². The number of nitrogens with zero attached hydrogens (tertiary/aromatic N) is 2. The third-order valence-electron chi connectivity index (χ3n) is 7.80. The van der Waals surface area contributed by atoms with Crippen LogP contribution in [0.3, 0.4) is 0 Å². The maximum absolute atomic E-state index is 9.96. The number of rotatable bonds is 6. The van der Waals surface area contributed by atoms with Crippen molar-refractivity contribution in [1.82, 2.24) is 4.90 Å². The summed E-state index contributed by atoms with van der Waals surface area (Å²) >= 11 is 0. The van der Waals surface area contributed by atoms with Gasteiger partial charge in [-0.1, -0.05) is 49.0 Å². The maximum Gasteiger partial charge on any atom is 0.0994 e. The Balaban J connectivity index is 1.44. The first-order valence-electron chi connectivity index (χ1n) is 12.7. The van der Waals surface area contributed by atoms with Gasteiger partial charge >= 0.3 is 0 Å². The molecule has 2 nitrogen and oxygen atoms in total. The number of benzene rings is 3. The first-order chi connectivity index (χ1) is 16.5. The molecule has 0 atom stereocenters. The quantitative estimate of drug-likeness (QED) is 0.401. The van der Waals surface area contributed by atoms with Crippen molar-refractivity contribution in [2.75, 3.05) is 13.1 Å². The summed E-state index contributed by atoms with van der Waals surface area (Å²) in [6.07, 6.45) is 6.89. The number of fused-ring (bicyclic) bond motifs is 1. The van der Waals surface area contributed by atoms with Crippen molar-refractivity contribution in [2.45, 2.75) is 58.9 Å². The fourth-order valence-electron chi connectivity index (χ4n) is 6.01. The zero-order valence-corrected chi connectivity index (χ0v) is 20.6. The molecule has 34 heavy (non-hydrogen) atoms. The van der Waals surface area contributed by atoms with Crippen LogP contribution in [0.4, 0.5) is 0 Å². The molecule has 1 heterocycles. The van der Waals surface area contributed by atoms with E-state index < -0.39 is 0 Å². The first-order valence-corrected chi connectivity index (χ1v) is 12.7.